The van der Waals surface area contributed by atoms with Gasteiger partial charge in [-0.05, 0) is 27.7 Å². The quantitative estimate of drug-likeness (QED) is 0.605. The summed E-state index contributed by atoms with van der Waals surface area (Å²) in [5.74, 6) is 1.43. The number of rotatable bonds is 9. The van der Waals surface area contributed by atoms with E-state index in [2.05, 4.69) is 35.9 Å². The van der Waals surface area contributed by atoms with E-state index in [4.69, 9.17) is 4.74 Å². The minimum atomic E-state index is -0.0233. The summed E-state index contributed by atoms with van der Waals surface area (Å²) in [5.41, 5.74) is 0. The third-order valence-electron chi connectivity index (χ3n) is 3.10. The van der Waals surface area contributed by atoms with Crippen molar-refractivity contribution in [1.82, 2.24) is 25.3 Å². The molecule has 0 aromatic carbocycles. The number of thiazole rings is 1. The normalized spacial score (nSPS) is 12.1. The summed E-state index contributed by atoms with van der Waals surface area (Å²) >= 11 is 1.39. The van der Waals surface area contributed by atoms with Crippen LogP contribution in [0.25, 0.3) is 0 Å². The van der Waals surface area contributed by atoms with E-state index in [9.17, 15) is 4.79 Å². The summed E-state index contributed by atoms with van der Waals surface area (Å²) in [5, 5.41) is 9.71. The summed E-state index contributed by atoms with van der Waals surface area (Å²) < 4.78 is 5.10. The number of hydrogen-bond acceptors (Lipinski definition) is 9. The molecule has 1 unspecified atom stereocenters. The van der Waals surface area contributed by atoms with Crippen molar-refractivity contribution in [3.8, 4) is 0 Å². The van der Waals surface area contributed by atoms with E-state index in [1.54, 1.807) is 20.2 Å². The van der Waals surface area contributed by atoms with Crippen LogP contribution in [0.1, 0.15) is 31.5 Å². The van der Waals surface area contributed by atoms with Crippen LogP contribution in [0, 0.1) is 6.92 Å². The highest BCUT2D eigenvalue weighted by molar-refractivity contribution is 7.15. The van der Waals surface area contributed by atoms with Crippen molar-refractivity contribution in [3.05, 3.63) is 16.9 Å². The summed E-state index contributed by atoms with van der Waals surface area (Å²) in [6, 6.07) is 0.188. The molecule has 0 fully saturated rings. The first kappa shape index (κ1) is 20.0. The zero-order chi connectivity index (χ0) is 19.1. The molecule has 142 valence electrons. The zero-order valence-corrected chi connectivity index (χ0v) is 16.5. The molecule has 26 heavy (non-hydrogen) atoms. The molecule has 0 saturated heterocycles. The van der Waals surface area contributed by atoms with Crippen molar-refractivity contribution < 1.29 is 9.53 Å². The van der Waals surface area contributed by atoms with Crippen LogP contribution in [-0.2, 0) is 16.0 Å². The smallest absolute Gasteiger partial charge is 0.234 e. The van der Waals surface area contributed by atoms with Crippen LogP contribution in [0.15, 0.2) is 6.20 Å². The van der Waals surface area contributed by atoms with Gasteiger partial charge in [-0.2, -0.15) is 15.0 Å². The number of amides is 1. The Morgan fingerprint density at radius 3 is 2.65 bits per heavy atom. The van der Waals surface area contributed by atoms with Gasteiger partial charge in [0.05, 0.1) is 13.0 Å². The Morgan fingerprint density at radius 2 is 1.96 bits per heavy atom. The molecule has 0 radical (unpaired) electrons. The fourth-order valence-electron chi connectivity index (χ4n) is 2.19. The highest BCUT2D eigenvalue weighted by atomic mass is 32.1. The van der Waals surface area contributed by atoms with Crippen LogP contribution < -0.4 is 16.0 Å². The Morgan fingerprint density at radius 1 is 1.23 bits per heavy atom. The van der Waals surface area contributed by atoms with E-state index in [1.165, 1.54) is 11.3 Å². The lowest BCUT2D eigenvalue weighted by atomic mass is 10.3. The van der Waals surface area contributed by atoms with Gasteiger partial charge in [0.2, 0.25) is 17.8 Å². The molecule has 3 N–H and O–H groups in total. The minimum Gasteiger partial charge on any atom is -0.383 e. The second-order valence-electron chi connectivity index (χ2n) is 6.19. The van der Waals surface area contributed by atoms with Gasteiger partial charge < -0.3 is 15.4 Å². The number of ether oxygens (including phenoxy) is 1. The summed E-state index contributed by atoms with van der Waals surface area (Å²) in [6.07, 6.45) is 1.98. The predicted octanol–water partition coefficient (Wildman–Crippen LogP) is 1.89. The molecule has 2 heterocycles. The van der Waals surface area contributed by atoms with Crippen LogP contribution >= 0.6 is 11.3 Å². The Balaban J connectivity index is 2.02. The molecule has 1 amide bonds. The maximum atomic E-state index is 11.8. The molecular weight excluding hydrogens is 354 g/mol. The van der Waals surface area contributed by atoms with Crippen molar-refractivity contribution in [2.75, 3.05) is 24.4 Å². The van der Waals surface area contributed by atoms with Crippen LogP contribution in [0.5, 0.6) is 0 Å². The summed E-state index contributed by atoms with van der Waals surface area (Å²) in [4.78, 5) is 29.9. The Hall–Kier alpha value is -2.33. The first-order chi connectivity index (χ1) is 12.4. The fourth-order valence-corrected chi connectivity index (χ4v) is 2.99. The lowest BCUT2D eigenvalue weighted by molar-refractivity contribution is -0.120. The molecule has 9 nitrogen and oxygen atoms in total. The molecule has 0 bridgehead atoms. The number of aryl methyl sites for hydroxylation is 1. The second-order valence-corrected chi connectivity index (χ2v) is 7.30. The van der Waals surface area contributed by atoms with E-state index in [-0.39, 0.29) is 18.0 Å². The monoisotopic (exact) mass is 379 g/mol. The molecule has 2 aromatic heterocycles. The topological polar surface area (TPSA) is 114 Å². The molecule has 0 aliphatic rings. The number of aromatic nitrogens is 4. The van der Waals surface area contributed by atoms with Crippen molar-refractivity contribution >= 4 is 34.3 Å². The summed E-state index contributed by atoms with van der Waals surface area (Å²) in [7, 11) is 1.64. The van der Waals surface area contributed by atoms with Crippen LogP contribution in [0.4, 0.5) is 17.0 Å². The van der Waals surface area contributed by atoms with Gasteiger partial charge >= 0.3 is 0 Å². The van der Waals surface area contributed by atoms with Gasteiger partial charge in [-0.25, -0.2) is 4.98 Å². The lowest BCUT2D eigenvalue weighted by Crippen LogP contribution is -2.31. The average molecular weight is 379 g/mol. The van der Waals surface area contributed by atoms with Gasteiger partial charge in [0.15, 0.2) is 5.13 Å². The molecule has 10 heteroatoms. The number of hydrogen-bond donors (Lipinski definition) is 3. The van der Waals surface area contributed by atoms with Crippen LogP contribution in [-0.4, -0.2) is 51.6 Å². The number of carbonyl (C=O) groups excluding carboxylic acids is 1. The Bertz CT molecular complexity index is 735. The molecule has 0 spiro atoms. The predicted molar refractivity (Wildman–Crippen MR) is 102 cm³/mol. The van der Waals surface area contributed by atoms with E-state index in [0.29, 0.717) is 35.9 Å². The standard InChI is InChI=1S/C16H25N7O2S/c1-9(2)18-13(24)6-12-7-17-16(26-12)23-15-21-11(4)20-14(22-15)19-10(3)8-25-5/h7,9-10H,6,8H2,1-5H3,(H,18,24)(H2,17,19,20,21,22,23). The van der Waals surface area contributed by atoms with Gasteiger partial charge in [-0.3, -0.25) is 10.1 Å². The van der Waals surface area contributed by atoms with Gasteiger partial charge in [0.25, 0.3) is 0 Å². The van der Waals surface area contributed by atoms with Crippen LogP contribution in [0.2, 0.25) is 0 Å². The van der Waals surface area contributed by atoms with E-state index >= 15 is 0 Å². The SMILES string of the molecule is COCC(C)Nc1nc(C)nc(Nc2ncc(CC(=O)NC(C)C)s2)n1. The Labute approximate surface area is 157 Å². The third-order valence-corrected chi connectivity index (χ3v) is 4.01. The van der Waals surface area contributed by atoms with Crippen molar-refractivity contribution in [3.63, 3.8) is 0 Å². The van der Waals surface area contributed by atoms with Crippen molar-refractivity contribution in [1.29, 1.82) is 0 Å². The van der Waals surface area contributed by atoms with E-state index < -0.39 is 0 Å². The number of carbonyl (C=O) groups is 1. The molecule has 0 aliphatic carbocycles. The van der Waals surface area contributed by atoms with E-state index in [1.807, 2.05) is 20.8 Å². The maximum Gasteiger partial charge on any atom is 0.234 e. The molecule has 2 rings (SSSR count). The van der Waals surface area contributed by atoms with Gasteiger partial charge in [0.1, 0.15) is 5.82 Å². The van der Waals surface area contributed by atoms with Gasteiger partial charge in [-0.15, -0.1) is 11.3 Å². The largest absolute Gasteiger partial charge is 0.383 e. The average Bonchev–Trinajstić information content (AvgIpc) is 2.92. The highest BCUT2D eigenvalue weighted by Gasteiger charge is 2.11. The first-order valence-corrected chi connectivity index (χ1v) is 9.16. The van der Waals surface area contributed by atoms with Crippen molar-refractivity contribution in [2.24, 2.45) is 0 Å². The van der Waals surface area contributed by atoms with Gasteiger partial charge in [0, 0.05) is 30.3 Å². The maximum absolute atomic E-state index is 11.8. The third kappa shape index (κ3) is 6.52. The number of anilines is 3. The number of nitrogens with one attached hydrogen (secondary N) is 3. The number of methoxy groups -OCH3 is 1. The number of nitrogens with zero attached hydrogens (tertiary/aromatic N) is 4. The molecular formula is C16H25N7O2S. The van der Waals surface area contributed by atoms with E-state index in [0.717, 1.165) is 4.88 Å². The first-order valence-electron chi connectivity index (χ1n) is 8.35. The molecule has 0 saturated carbocycles. The Kier molecular flexibility index (Phi) is 7.22. The fraction of sp³-hybridized carbons (Fsp3) is 0.562. The summed E-state index contributed by atoms with van der Waals surface area (Å²) in [6.45, 7) is 8.18. The second kappa shape index (κ2) is 9.39. The molecule has 0 aliphatic heterocycles. The lowest BCUT2D eigenvalue weighted by Gasteiger charge is -2.13. The molecule has 2 aromatic rings. The highest BCUT2D eigenvalue weighted by Crippen LogP contribution is 2.21. The van der Waals surface area contributed by atoms with Crippen molar-refractivity contribution in [2.45, 2.75) is 46.2 Å². The zero-order valence-electron chi connectivity index (χ0n) is 15.7. The van der Waals surface area contributed by atoms with Crippen LogP contribution in [0.3, 0.4) is 0 Å². The van der Waals surface area contributed by atoms with Gasteiger partial charge in [-0.1, -0.05) is 0 Å². The molecule has 1 atom stereocenters. The minimum absolute atomic E-state index is 0.0233.